The maximum Gasteiger partial charge on any atom is 0.243 e. The summed E-state index contributed by atoms with van der Waals surface area (Å²) < 4.78 is 24.4. The second kappa shape index (κ2) is 7.28. The molecule has 0 unspecified atom stereocenters. The average molecular weight is 364 g/mol. The van der Waals surface area contributed by atoms with E-state index in [1.165, 1.54) is 15.4 Å². The second-order valence-corrected chi connectivity index (χ2v) is 8.00. The van der Waals surface area contributed by atoms with Crippen molar-refractivity contribution < 1.29 is 13.2 Å². The largest absolute Gasteiger partial charge is 0.352 e. The van der Waals surface area contributed by atoms with E-state index in [9.17, 15) is 13.2 Å². The smallest absolute Gasteiger partial charge is 0.243 e. The number of hydrogen-bond donors (Lipinski definition) is 1. The SMILES string of the molecule is CS(=O)(=O)N1CCC(NC(=O)Cn2nnc(-c3ccccc3)n2)CC1. The molecule has 1 fully saturated rings. The van der Waals surface area contributed by atoms with Crippen molar-refractivity contribution in [3.05, 3.63) is 30.3 Å². The number of nitrogens with one attached hydrogen (secondary N) is 1. The number of benzene rings is 1. The summed E-state index contributed by atoms with van der Waals surface area (Å²) in [5, 5.41) is 15.0. The third kappa shape index (κ3) is 4.60. The lowest BCUT2D eigenvalue weighted by Gasteiger charge is -2.30. The number of nitrogens with zero attached hydrogens (tertiary/aromatic N) is 5. The zero-order valence-electron chi connectivity index (χ0n) is 13.9. The Labute approximate surface area is 146 Å². The van der Waals surface area contributed by atoms with Crippen LogP contribution in [-0.2, 0) is 21.4 Å². The predicted molar refractivity (Wildman–Crippen MR) is 90.8 cm³/mol. The van der Waals surface area contributed by atoms with Crippen molar-refractivity contribution in [1.29, 1.82) is 0 Å². The van der Waals surface area contributed by atoms with Crippen molar-refractivity contribution in [3.8, 4) is 11.4 Å². The van der Waals surface area contributed by atoms with E-state index in [0.717, 1.165) is 5.56 Å². The van der Waals surface area contributed by atoms with Gasteiger partial charge in [0.25, 0.3) is 0 Å². The number of carbonyl (C=O) groups is 1. The summed E-state index contributed by atoms with van der Waals surface area (Å²) in [5.74, 6) is 0.254. The zero-order chi connectivity index (χ0) is 17.9. The summed E-state index contributed by atoms with van der Waals surface area (Å²) in [7, 11) is -3.16. The fourth-order valence-corrected chi connectivity index (χ4v) is 3.62. The topological polar surface area (TPSA) is 110 Å². The minimum atomic E-state index is -3.16. The van der Waals surface area contributed by atoms with Crippen LogP contribution in [0.4, 0.5) is 0 Å². The fourth-order valence-electron chi connectivity index (χ4n) is 2.75. The van der Waals surface area contributed by atoms with Crippen LogP contribution in [0.25, 0.3) is 11.4 Å². The average Bonchev–Trinajstić information content (AvgIpc) is 3.03. The first-order valence-corrected chi connectivity index (χ1v) is 9.84. The van der Waals surface area contributed by atoms with Gasteiger partial charge in [-0.05, 0) is 18.1 Å². The summed E-state index contributed by atoms with van der Waals surface area (Å²) in [6, 6.07) is 9.37. The van der Waals surface area contributed by atoms with Crippen molar-refractivity contribution in [2.75, 3.05) is 19.3 Å². The van der Waals surface area contributed by atoms with Crippen molar-refractivity contribution in [2.24, 2.45) is 0 Å². The normalized spacial score (nSPS) is 16.7. The van der Waals surface area contributed by atoms with E-state index in [2.05, 4.69) is 20.7 Å². The predicted octanol–water partition coefficient (Wildman–Crippen LogP) is -0.120. The Hall–Kier alpha value is -2.33. The molecule has 2 heterocycles. The summed E-state index contributed by atoms with van der Waals surface area (Å²) in [5.41, 5.74) is 0.835. The molecule has 1 amide bonds. The van der Waals surface area contributed by atoms with Gasteiger partial charge in [-0.25, -0.2) is 12.7 Å². The van der Waals surface area contributed by atoms with Gasteiger partial charge < -0.3 is 5.32 Å². The zero-order valence-corrected chi connectivity index (χ0v) is 14.7. The van der Waals surface area contributed by atoms with Crippen LogP contribution in [0.1, 0.15) is 12.8 Å². The van der Waals surface area contributed by atoms with Gasteiger partial charge in [0.1, 0.15) is 6.54 Å². The van der Waals surface area contributed by atoms with Crippen LogP contribution in [0, 0.1) is 0 Å². The van der Waals surface area contributed by atoms with Crippen LogP contribution < -0.4 is 5.32 Å². The highest BCUT2D eigenvalue weighted by Crippen LogP contribution is 2.14. The van der Waals surface area contributed by atoms with Crippen LogP contribution in [0.5, 0.6) is 0 Å². The van der Waals surface area contributed by atoms with E-state index in [4.69, 9.17) is 0 Å². The van der Waals surface area contributed by atoms with Gasteiger partial charge in [-0.3, -0.25) is 4.79 Å². The Bertz CT molecular complexity index is 828. The molecule has 0 atom stereocenters. The molecule has 10 heteroatoms. The van der Waals surface area contributed by atoms with E-state index in [-0.39, 0.29) is 18.5 Å². The molecule has 0 aliphatic carbocycles. The van der Waals surface area contributed by atoms with Gasteiger partial charge in [-0.15, -0.1) is 10.2 Å². The van der Waals surface area contributed by atoms with E-state index in [1.54, 1.807) is 0 Å². The highest BCUT2D eigenvalue weighted by Gasteiger charge is 2.25. The summed E-state index contributed by atoms with van der Waals surface area (Å²) in [4.78, 5) is 13.4. The number of amides is 1. The molecule has 0 spiro atoms. The van der Waals surface area contributed by atoms with Crippen molar-refractivity contribution in [1.82, 2.24) is 29.8 Å². The number of carbonyl (C=O) groups excluding carboxylic acids is 1. The molecule has 0 saturated carbocycles. The molecule has 3 rings (SSSR count). The van der Waals surface area contributed by atoms with Gasteiger partial charge in [0, 0.05) is 24.7 Å². The molecule has 2 aromatic rings. The standard InChI is InChI=1S/C15H20N6O3S/c1-25(23,24)20-9-7-13(8-10-20)16-14(22)11-21-18-15(17-19-21)12-5-3-2-4-6-12/h2-6,13H,7-11H2,1H3,(H,16,22). The van der Waals surface area contributed by atoms with Crippen molar-refractivity contribution >= 4 is 15.9 Å². The maximum absolute atomic E-state index is 12.1. The van der Waals surface area contributed by atoms with Gasteiger partial charge in [0.15, 0.2) is 0 Å². The molecule has 25 heavy (non-hydrogen) atoms. The first-order valence-electron chi connectivity index (χ1n) is 7.99. The summed E-state index contributed by atoms with van der Waals surface area (Å²) in [6.45, 7) is 0.819. The lowest BCUT2D eigenvalue weighted by Crippen LogP contribution is -2.47. The molecule has 1 aromatic heterocycles. The summed E-state index contributed by atoms with van der Waals surface area (Å²) in [6.07, 6.45) is 2.39. The molecule has 9 nitrogen and oxygen atoms in total. The molecule has 1 N–H and O–H groups in total. The Kier molecular flexibility index (Phi) is 5.09. The maximum atomic E-state index is 12.1. The van der Waals surface area contributed by atoms with Crippen molar-refractivity contribution in [3.63, 3.8) is 0 Å². The number of aromatic nitrogens is 4. The van der Waals surface area contributed by atoms with Gasteiger partial charge in [0.2, 0.25) is 21.8 Å². The Morgan fingerprint density at radius 1 is 1.24 bits per heavy atom. The number of rotatable bonds is 5. The molecule has 134 valence electrons. The second-order valence-electron chi connectivity index (χ2n) is 6.01. The Morgan fingerprint density at radius 2 is 1.92 bits per heavy atom. The van der Waals surface area contributed by atoms with Gasteiger partial charge in [0.05, 0.1) is 6.26 Å². The van der Waals surface area contributed by atoms with Crippen LogP contribution in [0.2, 0.25) is 0 Å². The molecule has 0 bridgehead atoms. The minimum absolute atomic E-state index is 0.0217. The van der Waals surface area contributed by atoms with E-state index >= 15 is 0 Å². The quantitative estimate of drug-likeness (QED) is 0.792. The highest BCUT2D eigenvalue weighted by molar-refractivity contribution is 7.88. The van der Waals surface area contributed by atoms with Crippen molar-refractivity contribution in [2.45, 2.75) is 25.4 Å². The number of sulfonamides is 1. The third-order valence-corrected chi connectivity index (χ3v) is 5.36. The molecule has 1 aliphatic rings. The molecule has 1 saturated heterocycles. The highest BCUT2D eigenvalue weighted by atomic mass is 32.2. The third-order valence-electron chi connectivity index (χ3n) is 4.06. The first-order chi connectivity index (χ1) is 11.9. The molecule has 1 aromatic carbocycles. The number of piperidine rings is 1. The van der Waals surface area contributed by atoms with Gasteiger partial charge >= 0.3 is 0 Å². The Balaban J connectivity index is 1.51. The van der Waals surface area contributed by atoms with Gasteiger partial charge in [-0.1, -0.05) is 30.3 Å². The van der Waals surface area contributed by atoms with E-state index in [0.29, 0.717) is 31.8 Å². The van der Waals surface area contributed by atoms with Crippen LogP contribution >= 0.6 is 0 Å². The molecule has 1 aliphatic heterocycles. The Morgan fingerprint density at radius 3 is 2.56 bits per heavy atom. The first kappa shape index (κ1) is 17.5. The van der Waals surface area contributed by atoms with Crippen LogP contribution in [0.15, 0.2) is 30.3 Å². The van der Waals surface area contributed by atoms with Crippen LogP contribution in [-0.4, -0.2) is 64.2 Å². The lowest BCUT2D eigenvalue weighted by molar-refractivity contribution is -0.123. The summed E-state index contributed by atoms with van der Waals surface area (Å²) >= 11 is 0. The molecular weight excluding hydrogens is 344 g/mol. The number of hydrogen-bond acceptors (Lipinski definition) is 6. The van der Waals surface area contributed by atoms with E-state index < -0.39 is 10.0 Å². The van der Waals surface area contributed by atoms with E-state index in [1.807, 2.05) is 30.3 Å². The molecule has 0 radical (unpaired) electrons. The number of tetrazole rings is 1. The lowest BCUT2D eigenvalue weighted by atomic mass is 10.1. The fraction of sp³-hybridized carbons (Fsp3) is 0.467. The molecular formula is C15H20N6O3S. The minimum Gasteiger partial charge on any atom is -0.352 e. The monoisotopic (exact) mass is 364 g/mol. The van der Waals surface area contributed by atoms with Crippen LogP contribution in [0.3, 0.4) is 0 Å². The van der Waals surface area contributed by atoms with Gasteiger partial charge in [-0.2, -0.15) is 4.80 Å².